The lowest BCUT2D eigenvalue weighted by atomic mass is 9.92. The van der Waals surface area contributed by atoms with Gasteiger partial charge in [-0.15, -0.1) is 19.6 Å². The summed E-state index contributed by atoms with van der Waals surface area (Å²) in [5.74, 6) is 2.10. The van der Waals surface area contributed by atoms with Crippen molar-refractivity contribution in [3.63, 3.8) is 0 Å². The Morgan fingerprint density at radius 3 is 1.69 bits per heavy atom. The lowest BCUT2D eigenvalue weighted by Crippen LogP contribution is -2.28. The van der Waals surface area contributed by atoms with Crippen molar-refractivity contribution in [3.05, 3.63) is 59.7 Å². The van der Waals surface area contributed by atoms with Crippen molar-refractivity contribution in [1.82, 2.24) is 10.6 Å². The van der Waals surface area contributed by atoms with Crippen LogP contribution in [0.2, 0.25) is 0 Å². The summed E-state index contributed by atoms with van der Waals surface area (Å²) in [5, 5.41) is 5.63. The summed E-state index contributed by atoms with van der Waals surface area (Å²) in [4.78, 5) is 25.6. The highest BCUT2D eigenvalue weighted by molar-refractivity contribution is 6.02. The normalized spacial score (nSPS) is 10.2. The molecular formula is C28H40N2O2. The molecular weight excluding hydrogens is 396 g/mol. The van der Waals surface area contributed by atoms with E-state index in [1.807, 2.05) is 0 Å². The minimum Gasteiger partial charge on any atom is -0.349 e. The Labute approximate surface area is 195 Å². The maximum atomic E-state index is 12.8. The maximum absolute atomic E-state index is 12.8. The summed E-state index contributed by atoms with van der Waals surface area (Å²) >= 11 is 0. The van der Waals surface area contributed by atoms with Gasteiger partial charge < -0.3 is 10.6 Å². The maximum Gasteiger partial charge on any atom is 0.251 e. The summed E-state index contributed by atoms with van der Waals surface area (Å²) < 4.78 is 0. The van der Waals surface area contributed by atoms with E-state index < -0.39 is 0 Å². The third-order valence-electron chi connectivity index (χ3n) is 5.50. The first-order valence-electron chi connectivity index (χ1n) is 12.0. The number of nitrogens with one attached hydrogen (secondary N) is 2. The second-order valence-electron chi connectivity index (χ2n) is 8.12. The van der Waals surface area contributed by atoms with E-state index in [1.54, 1.807) is 24.3 Å². The molecule has 0 unspecified atom stereocenters. The van der Waals surface area contributed by atoms with Crippen LogP contribution < -0.4 is 10.6 Å². The monoisotopic (exact) mass is 436 g/mol. The van der Waals surface area contributed by atoms with Crippen LogP contribution in [-0.2, 0) is 6.42 Å². The number of unbranched alkanes of at least 4 members (excludes halogenated alkanes) is 9. The molecule has 32 heavy (non-hydrogen) atoms. The van der Waals surface area contributed by atoms with Crippen LogP contribution in [0.3, 0.4) is 0 Å². The Hall–Kier alpha value is -2.80. The van der Waals surface area contributed by atoms with Gasteiger partial charge in [-0.05, 0) is 30.5 Å². The van der Waals surface area contributed by atoms with Crippen LogP contribution in [0.4, 0.5) is 0 Å². The number of rotatable bonds is 17. The molecule has 1 aromatic rings. The second kappa shape index (κ2) is 16.8. The van der Waals surface area contributed by atoms with E-state index in [1.165, 1.54) is 51.4 Å². The minimum absolute atomic E-state index is 0.234. The molecule has 0 heterocycles. The molecule has 0 aliphatic rings. The third-order valence-corrected chi connectivity index (χ3v) is 5.50. The molecule has 2 N–H and O–H groups in total. The number of hydrogen-bond donors (Lipinski definition) is 2. The van der Waals surface area contributed by atoms with Crippen LogP contribution in [0.1, 0.15) is 103 Å². The fourth-order valence-electron chi connectivity index (χ4n) is 3.74. The molecule has 1 rings (SSSR count). The van der Waals surface area contributed by atoms with E-state index in [9.17, 15) is 9.59 Å². The van der Waals surface area contributed by atoms with Crippen molar-refractivity contribution in [2.45, 2.75) is 77.6 Å². The number of hydrogen-bond acceptors (Lipinski definition) is 2. The summed E-state index contributed by atoms with van der Waals surface area (Å²) in [6.45, 7) is 10.2. The molecule has 0 saturated carbocycles. The quantitative estimate of drug-likeness (QED) is 0.180. The van der Waals surface area contributed by atoms with Gasteiger partial charge >= 0.3 is 0 Å². The van der Waals surface area contributed by atoms with Crippen molar-refractivity contribution >= 4 is 11.8 Å². The minimum atomic E-state index is -0.234. The molecule has 4 nitrogen and oxygen atoms in total. The fraction of sp³-hybridized carbons (Fsp3) is 0.500. The number of benzene rings is 1. The van der Waals surface area contributed by atoms with Gasteiger partial charge in [-0.25, -0.2) is 0 Å². The lowest BCUT2D eigenvalue weighted by Gasteiger charge is -2.16. The zero-order chi connectivity index (χ0) is 23.6. The van der Waals surface area contributed by atoms with Gasteiger partial charge in [0.2, 0.25) is 0 Å². The molecule has 4 heteroatoms. The Morgan fingerprint density at radius 2 is 1.28 bits per heavy atom. The predicted octanol–water partition coefficient (Wildman–Crippen LogP) is 5.96. The van der Waals surface area contributed by atoms with Gasteiger partial charge in [0, 0.05) is 29.8 Å². The summed E-state index contributed by atoms with van der Waals surface area (Å²) in [5.41, 5.74) is 2.22. The average Bonchev–Trinajstić information content (AvgIpc) is 2.81. The van der Waals surface area contributed by atoms with Gasteiger partial charge in [-0.2, -0.15) is 0 Å². The Balaban J connectivity index is 2.84. The Morgan fingerprint density at radius 1 is 0.844 bits per heavy atom. The highest BCUT2D eigenvalue weighted by Crippen LogP contribution is 2.22. The molecule has 0 fully saturated rings. The topological polar surface area (TPSA) is 58.2 Å². The van der Waals surface area contributed by atoms with Gasteiger partial charge in [0.1, 0.15) is 0 Å². The van der Waals surface area contributed by atoms with Crippen molar-refractivity contribution < 1.29 is 9.59 Å². The molecule has 0 bridgehead atoms. The van der Waals surface area contributed by atoms with Gasteiger partial charge in [0.05, 0.1) is 0 Å². The van der Waals surface area contributed by atoms with Crippen LogP contribution in [0.5, 0.6) is 0 Å². The molecule has 1 aromatic carbocycles. The van der Waals surface area contributed by atoms with E-state index in [4.69, 9.17) is 6.42 Å². The molecule has 0 spiro atoms. The number of carbonyl (C=O) groups excluding carboxylic acids is 2. The van der Waals surface area contributed by atoms with Gasteiger partial charge in [0.15, 0.2) is 0 Å². The van der Waals surface area contributed by atoms with Crippen molar-refractivity contribution in [2.24, 2.45) is 0 Å². The second-order valence-corrected chi connectivity index (χ2v) is 8.12. The number of carbonyl (C=O) groups is 2. The summed E-state index contributed by atoms with van der Waals surface area (Å²) in [7, 11) is 0. The largest absolute Gasteiger partial charge is 0.349 e. The first-order valence-corrected chi connectivity index (χ1v) is 12.0. The average molecular weight is 437 g/mol. The standard InChI is InChI=1S/C28H40N2O2/c1-5-9-10-11-12-13-14-15-16-17-18-24-25(27(31)29-19-6-2)21-23(8-4)22-26(24)28(32)30-20-7-3/h4,6-7,21-22H,2-3,5,9-20H2,1H3,(H,29,31)(H,30,32). The highest BCUT2D eigenvalue weighted by Gasteiger charge is 2.20. The summed E-state index contributed by atoms with van der Waals surface area (Å²) in [6, 6.07) is 3.41. The van der Waals surface area contributed by atoms with Crippen molar-refractivity contribution in [1.29, 1.82) is 0 Å². The van der Waals surface area contributed by atoms with E-state index >= 15 is 0 Å². The smallest absolute Gasteiger partial charge is 0.251 e. The highest BCUT2D eigenvalue weighted by atomic mass is 16.2. The van der Waals surface area contributed by atoms with E-state index in [-0.39, 0.29) is 11.8 Å². The SMILES string of the molecule is C#Cc1cc(C(=O)NCC=C)c(CCCCCCCCCCCC)c(C(=O)NCC=C)c1. The Kier molecular flexibility index (Phi) is 14.3. The van der Waals surface area contributed by atoms with Gasteiger partial charge in [-0.3, -0.25) is 9.59 Å². The number of terminal acetylenes is 1. The van der Waals surface area contributed by atoms with Crippen LogP contribution in [0, 0.1) is 12.3 Å². The molecule has 0 radical (unpaired) electrons. The fourth-order valence-corrected chi connectivity index (χ4v) is 3.74. The molecule has 2 amide bonds. The Bertz CT molecular complexity index is 744. The third kappa shape index (κ3) is 10.0. The number of amides is 2. The molecule has 174 valence electrons. The first-order chi connectivity index (χ1) is 15.6. The van der Waals surface area contributed by atoms with Gasteiger partial charge in [0.25, 0.3) is 11.8 Å². The molecule has 0 aromatic heterocycles. The van der Waals surface area contributed by atoms with E-state index in [2.05, 4.69) is 36.6 Å². The van der Waals surface area contributed by atoms with Gasteiger partial charge in [-0.1, -0.05) is 82.8 Å². The molecule has 0 saturated heterocycles. The molecule has 0 atom stereocenters. The van der Waals surface area contributed by atoms with E-state index in [0.29, 0.717) is 36.2 Å². The zero-order valence-corrected chi connectivity index (χ0v) is 19.8. The van der Waals surface area contributed by atoms with Crippen LogP contribution in [0.15, 0.2) is 37.4 Å². The van der Waals surface area contributed by atoms with Crippen molar-refractivity contribution in [3.8, 4) is 12.3 Å². The summed E-state index contributed by atoms with van der Waals surface area (Å²) in [6.07, 6.45) is 21.8. The lowest BCUT2D eigenvalue weighted by molar-refractivity contribution is 0.0956. The first kappa shape index (κ1) is 27.2. The van der Waals surface area contributed by atoms with E-state index in [0.717, 1.165) is 18.4 Å². The molecule has 0 aliphatic carbocycles. The van der Waals surface area contributed by atoms with Crippen LogP contribution in [-0.4, -0.2) is 24.9 Å². The predicted molar refractivity (Wildman–Crippen MR) is 135 cm³/mol. The van der Waals surface area contributed by atoms with Crippen LogP contribution >= 0.6 is 0 Å². The van der Waals surface area contributed by atoms with Crippen molar-refractivity contribution in [2.75, 3.05) is 13.1 Å². The molecule has 0 aliphatic heterocycles. The zero-order valence-electron chi connectivity index (χ0n) is 19.8. The van der Waals surface area contributed by atoms with Crippen LogP contribution in [0.25, 0.3) is 0 Å².